The third-order valence-corrected chi connectivity index (χ3v) is 9.70. The van der Waals surface area contributed by atoms with Crippen molar-refractivity contribution in [1.29, 1.82) is 0 Å². The maximum atomic E-state index is 11.7. The molecule has 0 unspecified atom stereocenters. The Morgan fingerprint density at radius 1 is 0.963 bits per heavy atom. The van der Waals surface area contributed by atoms with Crippen molar-refractivity contribution < 1.29 is 25.2 Å². The van der Waals surface area contributed by atoms with E-state index in [2.05, 4.69) is 13.8 Å². The summed E-state index contributed by atoms with van der Waals surface area (Å²) in [5, 5.41) is 41.3. The van der Waals surface area contributed by atoms with Gasteiger partial charge < -0.3 is 20.4 Å². The molecule has 10 atom stereocenters. The number of carboxylic acids is 1. The van der Waals surface area contributed by atoms with E-state index in [4.69, 9.17) is 0 Å². The lowest BCUT2D eigenvalue weighted by Gasteiger charge is -2.61. The molecule has 5 nitrogen and oxygen atoms in total. The van der Waals surface area contributed by atoms with Crippen LogP contribution in [0.25, 0.3) is 0 Å². The van der Waals surface area contributed by atoms with E-state index in [1.807, 2.05) is 0 Å². The molecule has 0 aromatic rings. The molecular formula is C22H36O5. The molecule has 0 amide bonds. The summed E-state index contributed by atoms with van der Waals surface area (Å²) >= 11 is 0. The summed E-state index contributed by atoms with van der Waals surface area (Å²) in [5.41, 5.74) is -1.98. The van der Waals surface area contributed by atoms with Gasteiger partial charge in [0.25, 0.3) is 0 Å². The number of aliphatic hydroxyl groups excluding tert-OH is 2. The molecule has 4 rings (SSSR count). The second-order valence-electron chi connectivity index (χ2n) is 10.9. The van der Waals surface area contributed by atoms with Crippen LogP contribution in [0.5, 0.6) is 0 Å². The summed E-state index contributed by atoms with van der Waals surface area (Å²) < 4.78 is 0. The molecule has 4 aliphatic carbocycles. The minimum absolute atomic E-state index is 0.156. The minimum Gasteiger partial charge on any atom is -0.479 e. The Morgan fingerprint density at radius 2 is 1.63 bits per heavy atom. The summed E-state index contributed by atoms with van der Waals surface area (Å²) in [7, 11) is 0. The number of carboxylic acid groups (broad SMARTS) is 1. The summed E-state index contributed by atoms with van der Waals surface area (Å²) in [6.45, 7) is 5.90. The Morgan fingerprint density at radius 3 is 2.30 bits per heavy atom. The highest BCUT2D eigenvalue weighted by molar-refractivity contribution is 5.77. The third kappa shape index (κ3) is 2.64. The van der Waals surface area contributed by atoms with Gasteiger partial charge >= 0.3 is 5.97 Å². The van der Waals surface area contributed by atoms with E-state index in [1.54, 1.807) is 0 Å². The largest absolute Gasteiger partial charge is 0.479 e. The predicted octanol–water partition coefficient (Wildman–Crippen LogP) is 2.81. The van der Waals surface area contributed by atoms with Crippen LogP contribution in [0, 0.1) is 40.4 Å². The quantitative estimate of drug-likeness (QED) is 0.590. The predicted molar refractivity (Wildman–Crippen MR) is 101 cm³/mol. The lowest BCUT2D eigenvalue weighted by Crippen LogP contribution is -2.57. The fraction of sp³-hybridized carbons (Fsp3) is 0.955. The number of hydrogen-bond donors (Lipinski definition) is 4. The first-order chi connectivity index (χ1) is 12.5. The van der Waals surface area contributed by atoms with Crippen LogP contribution in [0.15, 0.2) is 0 Å². The Bertz CT molecular complexity index is 618. The van der Waals surface area contributed by atoms with Crippen molar-refractivity contribution in [2.75, 3.05) is 0 Å². The number of fused-ring (bicyclic) bond motifs is 5. The van der Waals surface area contributed by atoms with Crippen molar-refractivity contribution in [2.45, 2.75) is 89.9 Å². The second kappa shape index (κ2) is 6.17. The lowest BCUT2D eigenvalue weighted by atomic mass is 9.44. The molecule has 0 saturated heterocycles. The van der Waals surface area contributed by atoms with Crippen molar-refractivity contribution >= 4 is 5.97 Å². The Hall–Kier alpha value is -0.650. The monoisotopic (exact) mass is 380 g/mol. The topological polar surface area (TPSA) is 98.0 Å². The van der Waals surface area contributed by atoms with E-state index in [0.29, 0.717) is 24.2 Å². The zero-order chi connectivity index (χ0) is 19.8. The van der Waals surface area contributed by atoms with Gasteiger partial charge in [-0.05, 0) is 92.8 Å². The Labute approximate surface area is 162 Å². The normalized spacial score (nSPS) is 54.4. The molecule has 154 valence electrons. The minimum atomic E-state index is -1.90. The van der Waals surface area contributed by atoms with E-state index >= 15 is 0 Å². The van der Waals surface area contributed by atoms with Crippen LogP contribution < -0.4 is 0 Å². The number of aliphatic hydroxyl groups is 3. The van der Waals surface area contributed by atoms with Crippen molar-refractivity contribution in [1.82, 2.24) is 0 Å². The fourth-order valence-electron chi connectivity index (χ4n) is 8.40. The van der Waals surface area contributed by atoms with Crippen LogP contribution in [-0.4, -0.2) is 44.2 Å². The Balaban J connectivity index is 1.65. The van der Waals surface area contributed by atoms with Crippen LogP contribution >= 0.6 is 0 Å². The van der Waals surface area contributed by atoms with Gasteiger partial charge in [-0.15, -0.1) is 0 Å². The van der Waals surface area contributed by atoms with Gasteiger partial charge in [0.1, 0.15) is 0 Å². The summed E-state index contributed by atoms with van der Waals surface area (Å²) in [6.07, 6.45) is 6.70. The van der Waals surface area contributed by atoms with E-state index in [-0.39, 0.29) is 22.9 Å². The van der Waals surface area contributed by atoms with Crippen LogP contribution in [-0.2, 0) is 4.79 Å². The first kappa shape index (κ1) is 19.7. The van der Waals surface area contributed by atoms with Gasteiger partial charge in [-0.3, -0.25) is 0 Å². The van der Waals surface area contributed by atoms with Gasteiger partial charge in [-0.25, -0.2) is 4.79 Å². The molecular weight excluding hydrogens is 344 g/mol. The van der Waals surface area contributed by atoms with E-state index in [0.717, 1.165) is 44.9 Å². The van der Waals surface area contributed by atoms with E-state index in [1.165, 1.54) is 6.92 Å². The van der Waals surface area contributed by atoms with Crippen molar-refractivity contribution in [3.05, 3.63) is 0 Å². The average molecular weight is 381 g/mol. The highest BCUT2D eigenvalue weighted by Gasteiger charge is 2.66. The molecule has 0 spiro atoms. The molecule has 4 fully saturated rings. The zero-order valence-electron chi connectivity index (χ0n) is 16.9. The molecule has 4 N–H and O–H groups in total. The van der Waals surface area contributed by atoms with Crippen LogP contribution in [0.3, 0.4) is 0 Å². The SMILES string of the molecule is C[C@]12CC[C@H](O)C[C@@H]1CC[C@@H]1[C@@H]2CC[C@@]2(C)[C@H]1C[C@H](O)[C@@H]2[C@](C)(O)C(=O)O. The Kier molecular flexibility index (Phi) is 4.49. The maximum Gasteiger partial charge on any atom is 0.335 e. The third-order valence-electron chi connectivity index (χ3n) is 9.70. The van der Waals surface area contributed by atoms with E-state index < -0.39 is 23.6 Å². The molecule has 4 aliphatic rings. The first-order valence-electron chi connectivity index (χ1n) is 10.8. The fourth-order valence-corrected chi connectivity index (χ4v) is 8.40. The van der Waals surface area contributed by atoms with E-state index in [9.17, 15) is 25.2 Å². The van der Waals surface area contributed by atoms with Gasteiger partial charge in [-0.2, -0.15) is 0 Å². The van der Waals surface area contributed by atoms with Gasteiger partial charge in [0.15, 0.2) is 5.60 Å². The van der Waals surface area contributed by atoms with Gasteiger partial charge in [0, 0.05) is 5.92 Å². The number of aliphatic carboxylic acids is 1. The molecule has 0 radical (unpaired) electrons. The highest BCUT2D eigenvalue weighted by atomic mass is 16.4. The van der Waals surface area contributed by atoms with Gasteiger partial charge in [0.05, 0.1) is 12.2 Å². The van der Waals surface area contributed by atoms with Crippen LogP contribution in [0.1, 0.15) is 72.1 Å². The molecule has 5 heteroatoms. The van der Waals surface area contributed by atoms with Crippen molar-refractivity contribution in [3.8, 4) is 0 Å². The number of hydrogen-bond acceptors (Lipinski definition) is 4. The molecule has 27 heavy (non-hydrogen) atoms. The summed E-state index contributed by atoms with van der Waals surface area (Å²) in [6, 6.07) is 0. The zero-order valence-corrected chi connectivity index (χ0v) is 16.9. The molecule has 0 aromatic carbocycles. The lowest BCUT2D eigenvalue weighted by molar-refractivity contribution is -0.181. The van der Waals surface area contributed by atoms with Crippen LogP contribution in [0.2, 0.25) is 0 Å². The van der Waals surface area contributed by atoms with Crippen molar-refractivity contribution in [3.63, 3.8) is 0 Å². The van der Waals surface area contributed by atoms with Gasteiger partial charge in [-0.1, -0.05) is 13.8 Å². The molecule has 0 heterocycles. The highest BCUT2D eigenvalue weighted by Crippen LogP contribution is 2.68. The molecule has 0 bridgehead atoms. The molecule has 0 aliphatic heterocycles. The maximum absolute atomic E-state index is 11.7. The average Bonchev–Trinajstić information content (AvgIpc) is 2.86. The van der Waals surface area contributed by atoms with Crippen LogP contribution in [0.4, 0.5) is 0 Å². The summed E-state index contributed by atoms with van der Waals surface area (Å²) in [4.78, 5) is 11.7. The second-order valence-corrected chi connectivity index (χ2v) is 10.9. The molecule has 0 aromatic heterocycles. The number of rotatable bonds is 2. The first-order valence-corrected chi connectivity index (χ1v) is 10.8. The smallest absolute Gasteiger partial charge is 0.335 e. The molecule has 4 saturated carbocycles. The standard InChI is InChI=1S/C22H36O5/c1-20-8-6-13(23)10-12(20)4-5-14-15(20)7-9-21(2)16(14)11-17(24)18(21)22(3,27)19(25)26/h12-18,23-24,27H,4-11H2,1-3H3,(H,25,26)/t12-,13-,14+,15-,16-,17-,18-,20-,21-,22-/m0/s1. The number of carbonyl (C=O) groups is 1. The summed E-state index contributed by atoms with van der Waals surface area (Å²) in [5.74, 6) is 0.0782. The van der Waals surface area contributed by atoms with Crippen molar-refractivity contribution in [2.24, 2.45) is 40.4 Å². The van der Waals surface area contributed by atoms with Gasteiger partial charge in [0.2, 0.25) is 0 Å².